The van der Waals surface area contributed by atoms with Gasteiger partial charge in [-0.15, -0.1) is 0 Å². The van der Waals surface area contributed by atoms with E-state index < -0.39 is 0 Å². The molecule has 0 heterocycles. The standard InChI is InChI=1S/C26H30O4/c1-4-23(30-26(28)17-8-6-5-7-9-17)22-14-16(2)25(27)21-12-10-18-15-19(29-3)11-13-20(18)24(21)22/h5-9,11,13,15-16,21-24H,4,10,12,14H2,1-3H3/t16-,21+,22+,23?,24+/m1/s1. The van der Waals surface area contributed by atoms with E-state index in [4.69, 9.17) is 9.47 Å². The van der Waals surface area contributed by atoms with Crippen LogP contribution in [0.15, 0.2) is 48.5 Å². The summed E-state index contributed by atoms with van der Waals surface area (Å²) < 4.78 is 11.5. The molecule has 2 aliphatic carbocycles. The van der Waals surface area contributed by atoms with Crippen LogP contribution in [0.4, 0.5) is 0 Å². The van der Waals surface area contributed by atoms with Gasteiger partial charge < -0.3 is 9.47 Å². The number of methoxy groups -OCH3 is 1. The SMILES string of the molecule is CCC(OC(=O)c1ccccc1)[C@@H]1C[C@@H](C)C(=O)[C@H]2CCc3cc(OC)ccc3[C@@H]21. The van der Waals surface area contributed by atoms with Gasteiger partial charge in [0.1, 0.15) is 17.6 Å². The second-order valence-corrected chi connectivity index (χ2v) is 8.66. The Morgan fingerprint density at radius 3 is 2.63 bits per heavy atom. The van der Waals surface area contributed by atoms with Crippen LogP contribution in [0.1, 0.15) is 60.5 Å². The highest BCUT2D eigenvalue weighted by molar-refractivity contribution is 5.89. The molecule has 4 nitrogen and oxygen atoms in total. The van der Waals surface area contributed by atoms with E-state index in [1.54, 1.807) is 19.2 Å². The van der Waals surface area contributed by atoms with Gasteiger partial charge in [0.25, 0.3) is 0 Å². The Balaban J connectivity index is 1.67. The van der Waals surface area contributed by atoms with Crippen molar-refractivity contribution in [2.75, 3.05) is 7.11 Å². The van der Waals surface area contributed by atoms with Crippen molar-refractivity contribution in [3.05, 3.63) is 65.2 Å². The molecule has 5 atom stereocenters. The zero-order chi connectivity index (χ0) is 21.3. The van der Waals surface area contributed by atoms with Crippen LogP contribution < -0.4 is 4.74 Å². The zero-order valence-corrected chi connectivity index (χ0v) is 18.0. The fraction of sp³-hybridized carbons (Fsp3) is 0.462. The number of benzene rings is 2. The molecule has 4 heteroatoms. The van der Waals surface area contributed by atoms with E-state index in [9.17, 15) is 9.59 Å². The van der Waals surface area contributed by atoms with Crippen molar-refractivity contribution < 1.29 is 19.1 Å². The number of carbonyl (C=O) groups is 2. The molecule has 0 aliphatic heterocycles. The monoisotopic (exact) mass is 406 g/mol. The molecule has 1 unspecified atom stereocenters. The first-order chi connectivity index (χ1) is 14.5. The normalized spacial score (nSPS) is 26.3. The summed E-state index contributed by atoms with van der Waals surface area (Å²) in [6.45, 7) is 4.09. The summed E-state index contributed by atoms with van der Waals surface area (Å²) in [6, 6.07) is 15.4. The third-order valence-corrected chi connectivity index (χ3v) is 6.95. The van der Waals surface area contributed by atoms with Crippen LogP contribution in [-0.2, 0) is 16.0 Å². The number of ether oxygens (including phenoxy) is 2. The molecule has 4 rings (SSSR count). The molecule has 0 saturated heterocycles. The minimum Gasteiger partial charge on any atom is -0.497 e. The first-order valence-corrected chi connectivity index (χ1v) is 11.0. The van der Waals surface area contributed by atoms with Crippen LogP contribution in [0.2, 0.25) is 0 Å². The lowest BCUT2D eigenvalue weighted by Crippen LogP contribution is -2.46. The van der Waals surface area contributed by atoms with Crippen molar-refractivity contribution in [2.45, 2.75) is 51.6 Å². The summed E-state index contributed by atoms with van der Waals surface area (Å²) in [4.78, 5) is 25.8. The van der Waals surface area contributed by atoms with Crippen molar-refractivity contribution in [3.63, 3.8) is 0 Å². The summed E-state index contributed by atoms with van der Waals surface area (Å²) in [6.07, 6.45) is 3.02. The van der Waals surface area contributed by atoms with Crippen LogP contribution in [0.25, 0.3) is 0 Å². The van der Waals surface area contributed by atoms with Crippen molar-refractivity contribution in [3.8, 4) is 5.75 Å². The van der Waals surface area contributed by atoms with E-state index in [2.05, 4.69) is 19.1 Å². The van der Waals surface area contributed by atoms with E-state index in [0.29, 0.717) is 11.3 Å². The molecule has 0 amide bonds. The van der Waals surface area contributed by atoms with Crippen LogP contribution in [0.5, 0.6) is 5.75 Å². The Bertz CT molecular complexity index is 920. The quantitative estimate of drug-likeness (QED) is 0.640. The lowest BCUT2D eigenvalue weighted by molar-refractivity contribution is -0.133. The van der Waals surface area contributed by atoms with E-state index in [1.165, 1.54) is 11.1 Å². The molecular formula is C26H30O4. The molecule has 2 aliphatic rings. The fourth-order valence-corrected chi connectivity index (χ4v) is 5.48. The summed E-state index contributed by atoms with van der Waals surface area (Å²) in [5.41, 5.74) is 3.06. The maximum Gasteiger partial charge on any atom is 0.338 e. The molecule has 1 fully saturated rings. The molecule has 2 aromatic carbocycles. The molecule has 2 aromatic rings. The van der Waals surface area contributed by atoms with Crippen LogP contribution in [-0.4, -0.2) is 25.0 Å². The Morgan fingerprint density at radius 2 is 1.93 bits per heavy atom. The third-order valence-electron chi connectivity index (χ3n) is 6.95. The van der Waals surface area contributed by atoms with E-state index in [-0.39, 0.29) is 35.7 Å². The molecule has 158 valence electrons. The maximum atomic E-state index is 13.1. The molecule has 0 spiro atoms. The van der Waals surface area contributed by atoms with Crippen molar-refractivity contribution in [1.29, 1.82) is 0 Å². The van der Waals surface area contributed by atoms with Gasteiger partial charge in [0.2, 0.25) is 0 Å². The number of hydrogen-bond acceptors (Lipinski definition) is 4. The highest BCUT2D eigenvalue weighted by Gasteiger charge is 2.48. The highest BCUT2D eigenvalue weighted by Crippen LogP contribution is 2.50. The smallest absolute Gasteiger partial charge is 0.338 e. The first-order valence-electron chi connectivity index (χ1n) is 11.0. The Labute approximate surface area is 178 Å². The summed E-state index contributed by atoms with van der Waals surface area (Å²) >= 11 is 0. The molecule has 0 N–H and O–H groups in total. The number of Topliss-reactive ketones (excluding diaryl/α,β-unsaturated/α-hetero) is 1. The van der Waals surface area contributed by atoms with Gasteiger partial charge in [-0.3, -0.25) is 4.79 Å². The topological polar surface area (TPSA) is 52.6 Å². The minimum atomic E-state index is -0.283. The van der Waals surface area contributed by atoms with Crippen LogP contribution >= 0.6 is 0 Å². The average Bonchev–Trinajstić information content (AvgIpc) is 2.79. The Kier molecular flexibility index (Phi) is 5.94. The van der Waals surface area contributed by atoms with Gasteiger partial charge >= 0.3 is 5.97 Å². The number of esters is 1. The van der Waals surface area contributed by atoms with Crippen LogP contribution in [0, 0.1) is 17.8 Å². The summed E-state index contributed by atoms with van der Waals surface area (Å²) in [5, 5.41) is 0. The fourth-order valence-electron chi connectivity index (χ4n) is 5.48. The van der Waals surface area contributed by atoms with Gasteiger partial charge in [0.15, 0.2) is 0 Å². The second kappa shape index (κ2) is 8.63. The third kappa shape index (κ3) is 3.76. The lowest BCUT2D eigenvalue weighted by Gasteiger charge is -2.46. The van der Waals surface area contributed by atoms with Gasteiger partial charge in [0.05, 0.1) is 12.7 Å². The molecule has 0 bridgehead atoms. The highest BCUT2D eigenvalue weighted by atomic mass is 16.5. The van der Waals surface area contributed by atoms with Crippen molar-refractivity contribution in [2.24, 2.45) is 17.8 Å². The van der Waals surface area contributed by atoms with Crippen molar-refractivity contribution >= 4 is 11.8 Å². The zero-order valence-electron chi connectivity index (χ0n) is 18.0. The van der Waals surface area contributed by atoms with E-state index >= 15 is 0 Å². The number of ketones is 1. The van der Waals surface area contributed by atoms with Crippen molar-refractivity contribution in [1.82, 2.24) is 0 Å². The number of carbonyl (C=O) groups excluding carboxylic acids is 2. The number of fused-ring (bicyclic) bond motifs is 3. The molecular weight excluding hydrogens is 376 g/mol. The largest absolute Gasteiger partial charge is 0.497 e. The Morgan fingerprint density at radius 1 is 1.17 bits per heavy atom. The maximum absolute atomic E-state index is 13.1. The van der Waals surface area contributed by atoms with Crippen LogP contribution in [0.3, 0.4) is 0 Å². The van der Waals surface area contributed by atoms with Gasteiger partial charge in [0, 0.05) is 23.7 Å². The summed E-state index contributed by atoms with van der Waals surface area (Å²) in [5.74, 6) is 1.16. The van der Waals surface area contributed by atoms with E-state index in [0.717, 1.165) is 31.4 Å². The number of aryl methyl sites for hydroxylation is 1. The summed E-state index contributed by atoms with van der Waals surface area (Å²) in [7, 11) is 1.68. The number of rotatable bonds is 5. The van der Waals surface area contributed by atoms with Gasteiger partial charge in [-0.25, -0.2) is 4.79 Å². The molecule has 0 aromatic heterocycles. The molecule has 1 saturated carbocycles. The minimum absolute atomic E-state index is 0.000487. The van der Waals surface area contributed by atoms with E-state index in [1.807, 2.05) is 31.2 Å². The predicted molar refractivity (Wildman–Crippen MR) is 116 cm³/mol. The average molecular weight is 407 g/mol. The lowest BCUT2D eigenvalue weighted by atomic mass is 9.59. The molecule has 0 radical (unpaired) electrons. The first kappa shape index (κ1) is 20.6. The van der Waals surface area contributed by atoms with Gasteiger partial charge in [-0.2, -0.15) is 0 Å². The Hall–Kier alpha value is -2.62. The van der Waals surface area contributed by atoms with Gasteiger partial charge in [-0.05, 0) is 61.1 Å². The second-order valence-electron chi connectivity index (χ2n) is 8.66. The predicted octanol–water partition coefficient (Wildman–Crippen LogP) is 5.20. The number of hydrogen-bond donors (Lipinski definition) is 0. The molecule has 30 heavy (non-hydrogen) atoms. The van der Waals surface area contributed by atoms with Gasteiger partial charge in [-0.1, -0.05) is 38.1 Å².